The van der Waals surface area contributed by atoms with Gasteiger partial charge in [-0.1, -0.05) is 0 Å². The van der Waals surface area contributed by atoms with Crippen molar-refractivity contribution in [3.05, 3.63) is 12.1 Å². The smallest absolute Gasteiger partial charge is 0.426 e. The number of nitrogens with zero attached hydrogens (tertiary/aromatic N) is 1. The average molecular weight is 533 g/mol. The van der Waals surface area contributed by atoms with Gasteiger partial charge in [0, 0.05) is 31.6 Å². The fourth-order valence-corrected chi connectivity index (χ4v) is 2.65. The Balaban J connectivity index is 1.82. The summed E-state index contributed by atoms with van der Waals surface area (Å²) in [5.74, 6) is -0.811. The first-order valence-electron chi connectivity index (χ1n) is 12.0. The predicted octanol–water partition coefficient (Wildman–Crippen LogP) is 0.418. The first-order chi connectivity index (χ1) is 17.6. The van der Waals surface area contributed by atoms with E-state index in [9.17, 15) is 24.6 Å². The number of hydrazine groups is 1. The monoisotopic (exact) mass is 532 g/mol. The molecule has 1 heterocycles. The summed E-state index contributed by atoms with van der Waals surface area (Å²) in [5, 5.41) is 21.7. The van der Waals surface area contributed by atoms with Gasteiger partial charge in [0.25, 0.3) is 0 Å². The molecule has 14 nitrogen and oxygen atoms in total. The van der Waals surface area contributed by atoms with E-state index in [4.69, 9.17) is 23.7 Å². The molecule has 0 aromatic carbocycles. The molecule has 0 saturated carbocycles. The van der Waals surface area contributed by atoms with Crippen LogP contribution in [0.25, 0.3) is 0 Å². The Labute approximate surface area is 216 Å². The maximum absolute atomic E-state index is 11.8. The summed E-state index contributed by atoms with van der Waals surface area (Å²) >= 11 is 0. The Morgan fingerprint density at radius 3 is 1.81 bits per heavy atom. The van der Waals surface area contributed by atoms with E-state index in [0.29, 0.717) is 52.8 Å². The molecule has 37 heavy (non-hydrogen) atoms. The van der Waals surface area contributed by atoms with E-state index in [1.807, 2.05) is 0 Å². The zero-order valence-corrected chi connectivity index (χ0v) is 21.7. The molecule has 1 aromatic rings. The second-order valence-corrected chi connectivity index (χ2v) is 8.68. The summed E-state index contributed by atoms with van der Waals surface area (Å²) in [7, 11) is 0. The van der Waals surface area contributed by atoms with E-state index >= 15 is 0 Å². The van der Waals surface area contributed by atoms with Gasteiger partial charge in [0.15, 0.2) is 11.8 Å². The highest BCUT2D eigenvalue weighted by molar-refractivity contribution is 5.79. The number of rotatable bonds is 18. The molecule has 1 rings (SSSR count). The minimum atomic E-state index is -0.737. The van der Waals surface area contributed by atoms with Crippen LogP contribution >= 0.6 is 0 Å². The van der Waals surface area contributed by atoms with Gasteiger partial charge in [-0.2, -0.15) is 0 Å². The van der Waals surface area contributed by atoms with Crippen LogP contribution in [0.2, 0.25) is 0 Å². The molecule has 0 aliphatic heterocycles. The molecule has 0 bridgehead atoms. The lowest BCUT2D eigenvalue weighted by Gasteiger charge is -2.19. The van der Waals surface area contributed by atoms with E-state index in [0.717, 1.165) is 0 Å². The second-order valence-electron chi connectivity index (χ2n) is 8.68. The van der Waals surface area contributed by atoms with Gasteiger partial charge in [0.2, 0.25) is 11.8 Å². The third-order valence-corrected chi connectivity index (χ3v) is 4.36. The first kappa shape index (κ1) is 32.0. The second kappa shape index (κ2) is 18.2. The lowest BCUT2D eigenvalue weighted by molar-refractivity contribution is -0.123. The predicted molar refractivity (Wildman–Crippen MR) is 131 cm³/mol. The highest BCUT2D eigenvalue weighted by Crippen LogP contribution is 2.20. The molecule has 0 atom stereocenters. The van der Waals surface area contributed by atoms with Crippen molar-refractivity contribution in [2.45, 2.75) is 45.8 Å². The van der Waals surface area contributed by atoms with Gasteiger partial charge in [-0.25, -0.2) is 10.2 Å². The number of amides is 3. The van der Waals surface area contributed by atoms with Gasteiger partial charge >= 0.3 is 6.09 Å². The van der Waals surface area contributed by atoms with Crippen molar-refractivity contribution in [1.82, 2.24) is 20.7 Å². The Hall–Kier alpha value is -3.07. The van der Waals surface area contributed by atoms with Crippen LogP contribution in [0.3, 0.4) is 0 Å². The summed E-state index contributed by atoms with van der Waals surface area (Å²) < 4.78 is 27.6. The Bertz CT molecular complexity index is 790. The summed E-state index contributed by atoms with van der Waals surface area (Å²) in [4.78, 5) is 34.8. The Morgan fingerprint density at radius 2 is 1.27 bits per heavy atom. The maximum atomic E-state index is 11.8. The van der Waals surface area contributed by atoms with Gasteiger partial charge in [-0.15, -0.1) is 0 Å². The molecule has 5 N–H and O–H groups in total. The minimum absolute atomic E-state index is 0.0749. The van der Waals surface area contributed by atoms with Crippen LogP contribution < -0.4 is 16.2 Å². The van der Waals surface area contributed by atoms with E-state index in [1.165, 1.54) is 16.7 Å². The van der Waals surface area contributed by atoms with Crippen LogP contribution in [0.5, 0.6) is 11.8 Å². The summed E-state index contributed by atoms with van der Waals surface area (Å²) in [6, 6.07) is 2.71. The van der Waals surface area contributed by atoms with Crippen LogP contribution in [0.4, 0.5) is 4.79 Å². The molecule has 14 heteroatoms. The lowest BCUT2D eigenvalue weighted by atomic mass is 10.2. The molecule has 0 spiro atoms. The zero-order chi connectivity index (χ0) is 27.5. The standard InChI is InChI=1S/C23H40N4O10/c1-23(2,3)37-22(32)26-25-19(29)7-10-33-12-14-35-16-17-36-15-13-34-11-8-24-18(28)6-9-27-20(30)4-5-21(27)31/h4-5,30-31H,6-17H2,1-3H3,(H,24,28)(H,25,29)(H,26,32). The van der Waals surface area contributed by atoms with Crippen LogP contribution in [-0.4, -0.2) is 97.7 Å². The highest BCUT2D eigenvalue weighted by atomic mass is 16.6. The van der Waals surface area contributed by atoms with E-state index in [-0.39, 0.29) is 43.7 Å². The van der Waals surface area contributed by atoms with Crippen LogP contribution in [0.15, 0.2) is 12.1 Å². The quantitative estimate of drug-likeness (QED) is 0.131. The van der Waals surface area contributed by atoms with Crippen molar-refractivity contribution < 1.29 is 48.3 Å². The molecular formula is C23H40N4O10. The number of carbonyl (C=O) groups excluding carboxylic acids is 3. The average Bonchev–Trinajstić information content (AvgIpc) is 3.14. The van der Waals surface area contributed by atoms with Gasteiger partial charge in [-0.3, -0.25) is 19.6 Å². The molecule has 0 fully saturated rings. The number of hydrogen-bond acceptors (Lipinski definition) is 10. The molecule has 0 aliphatic rings. The topological polar surface area (TPSA) is 179 Å². The molecule has 0 aliphatic carbocycles. The van der Waals surface area contributed by atoms with Crippen molar-refractivity contribution in [3.63, 3.8) is 0 Å². The molecule has 0 saturated heterocycles. The fourth-order valence-electron chi connectivity index (χ4n) is 2.65. The molecule has 1 aromatic heterocycles. The number of aromatic nitrogens is 1. The number of ether oxygens (including phenoxy) is 5. The largest absolute Gasteiger partial charge is 0.494 e. The Morgan fingerprint density at radius 1 is 0.757 bits per heavy atom. The van der Waals surface area contributed by atoms with E-state index in [2.05, 4.69) is 16.2 Å². The summed E-state index contributed by atoms with van der Waals surface area (Å²) in [6.45, 7) is 8.36. The normalized spacial score (nSPS) is 11.2. The van der Waals surface area contributed by atoms with Gasteiger partial charge in [-0.05, 0) is 20.8 Å². The van der Waals surface area contributed by atoms with Crippen molar-refractivity contribution in [2.24, 2.45) is 0 Å². The molecule has 3 amide bonds. The van der Waals surface area contributed by atoms with Crippen LogP contribution in [0.1, 0.15) is 33.6 Å². The van der Waals surface area contributed by atoms with Gasteiger partial charge < -0.3 is 39.2 Å². The lowest BCUT2D eigenvalue weighted by Crippen LogP contribution is -2.44. The van der Waals surface area contributed by atoms with Crippen molar-refractivity contribution in [1.29, 1.82) is 0 Å². The minimum Gasteiger partial charge on any atom is -0.494 e. The summed E-state index contributed by atoms with van der Waals surface area (Å²) in [6.07, 6.45) is -0.545. The first-order valence-corrected chi connectivity index (χ1v) is 12.0. The van der Waals surface area contributed by atoms with E-state index in [1.54, 1.807) is 20.8 Å². The van der Waals surface area contributed by atoms with E-state index < -0.39 is 17.6 Å². The van der Waals surface area contributed by atoms with Crippen molar-refractivity contribution in [2.75, 3.05) is 59.4 Å². The maximum Gasteiger partial charge on any atom is 0.426 e. The molecule has 212 valence electrons. The summed E-state index contributed by atoms with van der Waals surface area (Å²) in [5.41, 5.74) is 3.74. The highest BCUT2D eigenvalue weighted by Gasteiger charge is 2.16. The number of carbonyl (C=O) groups is 3. The molecule has 0 radical (unpaired) electrons. The Kier molecular flexibility index (Phi) is 15.7. The molecular weight excluding hydrogens is 492 g/mol. The number of hydrogen-bond donors (Lipinski definition) is 5. The third-order valence-electron chi connectivity index (χ3n) is 4.36. The van der Waals surface area contributed by atoms with Crippen molar-refractivity contribution >= 4 is 17.9 Å². The number of aromatic hydroxyl groups is 2. The number of nitrogens with one attached hydrogen (secondary N) is 3. The zero-order valence-electron chi connectivity index (χ0n) is 21.7. The van der Waals surface area contributed by atoms with Gasteiger partial charge in [0.1, 0.15) is 5.60 Å². The fraction of sp³-hybridized carbons (Fsp3) is 0.696. The third kappa shape index (κ3) is 17.1. The van der Waals surface area contributed by atoms with Crippen molar-refractivity contribution in [3.8, 4) is 11.8 Å². The SMILES string of the molecule is CC(C)(C)OC(=O)NNC(=O)CCOCCOCCOCCOCCNC(=O)CCn1c(O)ccc1O. The van der Waals surface area contributed by atoms with Crippen LogP contribution in [-0.2, 0) is 39.8 Å². The molecule has 0 unspecified atom stereocenters. The van der Waals surface area contributed by atoms with Gasteiger partial charge in [0.05, 0.1) is 59.3 Å². The van der Waals surface area contributed by atoms with Crippen LogP contribution in [0, 0.1) is 0 Å².